The summed E-state index contributed by atoms with van der Waals surface area (Å²) >= 11 is 0. The molecule has 0 bridgehead atoms. The summed E-state index contributed by atoms with van der Waals surface area (Å²) in [5.74, 6) is -0.353. The largest absolute Gasteiger partial charge is 0.480 e. The van der Waals surface area contributed by atoms with E-state index in [0.29, 0.717) is 18.7 Å². The third-order valence-electron chi connectivity index (χ3n) is 4.54. The zero-order valence-electron chi connectivity index (χ0n) is 14.6. The lowest BCUT2D eigenvalue weighted by molar-refractivity contribution is -0.139. The summed E-state index contributed by atoms with van der Waals surface area (Å²) in [5, 5.41) is 24.6. The number of aliphatic carboxylic acids is 1. The highest BCUT2D eigenvalue weighted by atomic mass is 16.4. The van der Waals surface area contributed by atoms with Crippen molar-refractivity contribution >= 4 is 12.0 Å². The third-order valence-corrected chi connectivity index (χ3v) is 4.54. The van der Waals surface area contributed by atoms with E-state index in [1.807, 2.05) is 18.7 Å². The van der Waals surface area contributed by atoms with Crippen LogP contribution in [0.25, 0.3) is 0 Å². The maximum absolute atomic E-state index is 12.0. The van der Waals surface area contributed by atoms with Crippen molar-refractivity contribution < 1.29 is 24.2 Å². The number of furan rings is 1. The molecule has 0 aromatic carbocycles. The summed E-state index contributed by atoms with van der Waals surface area (Å²) in [5.41, 5.74) is 0. The van der Waals surface area contributed by atoms with Crippen LogP contribution in [0.4, 0.5) is 4.79 Å². The van der Waals surface area contributed by atoms with Crippen molar-refractivity contribution in [2.24, 2.45) is 0 Å². The summed E-state index contributed by atoms with van der Waals surface area (Å²) in [4.78, 5) is 24.7. The molecule has 1 fully saturated rings. The molecule has 2 unspecified atom stereocenters. The zero-order chi connectivity index (χ0) is 18.4. The minimum atomic E-state index is -0.833. The highest BCUT2D eigenvalue weighted by Crippen LogP contribution is 2.25. The van der Waals surface area contributed by atoms with Crippen molar-refractivity contribution in [3.05, 3.63) is 24.2 Å². The molecule has 1 aliphatic rings. The fourth-order valence-corrected chi connectivity index (χ4v) is 3.12. The molecule has 0 radical (unpaired) electrons. The Morgan fingerprint density at radius 1 is 1.44 bits per heavy atom. The minimum absolute atomic E-state index is 0.0295. The van der Waals surface area contributed by atoms with Crippen LogP contribution in [0.3, 0.4) is 0 Å². The smallest absolute Gasteiger partial charge is 0.317 e. The molecule has 0 aliphatic heterocycles. The lowest BCUT2D eigenvalue weighted by Crippen LogP contribution is -2.57. The first-order valence-electron chi connectivity index (χ1n) is 8.63. The number of carbonyl (C=O) groups excluding carboxylic acids is 1. The van der Waals surface area contributed by atoms with Crippen molar-refractivity contribution in [3.8, 4) is 0 Å². The van der Waals surface area contributed by atoms with E-state index in [-0.39, 0.29) is 30.7 Å². The molecule has 0 saturated heterocycles. The SMILES string of the molecule is CCN(CC(=O)O)C1CC(NC(=O)NC(C)CC(O)c2ccco2)C1. The van der Waals surface area contributed by atoms with Gasteiger partial charge in [0.15, 0.2) is 0 Å². The normalized spacial score (nSPS) is 22.1. The average Bonchev–Trinajstić information content (AvgIpc) is 3.02. The van der Waals surface area contributed by atoms with Crippen molar-refractivity contribution in [1.29, 1.82) is 0 Å². The Morgan fingerprint density at radius 3 is 2.72 bits per heavy atom. The van der Waals surface area contributed by atoms with Gasteiger partial charge in [-0.05, 0) is 38.4 Å². The van der Waals surface area contributed by atoms with Crippen molar-refractivity contribution in [2.75, 3.05) is 13.1 Å². The van der Waals surface area contributed by atoms with Gasteiger partial charge in [-0.1, -0.05) is 6.92 Å². The molecule has 1 saturated carbocycles. The Balaban J connectivity index is 1.67. The van der Waals surface area contributed by atoms with Crippen LogP contribution in [0.2, 0.25) is 0 Å². The Kier molecular flexibility index (Phi) is 6.83. The number of carboxylic acids is 1. The molecular weight excluding hydrogens is 326 g/mol. The molecule has 0 spiro atoms. The van der Waals surface area contributed by atoms with Crippen LogP contribution in [0.15, 0.2) is 22.8 Å². The van der Waals surface area contributed by atoms with Gasteiger partial charge in [-0.15, -0.1) is 0 Å². The van der Waals surface area contributed by atoms with Crippen molar-refractivity contribution in [1.82, 2.24) is 15.5 Å². The van der Waals surface area contributed by atoms with Crippen LogP contribution in [0.5, 0.6) is 0 Å². The second-order valence-corrected chi connectivity index (χ2v) is 6.56. The molecule has 8 heteroatoms. The second kappa shape index (κ2) is 8.87. The molecule has 2 atom stereocenters. The topological polar surface area (TPSA) is 115 Å². The first kappa shape index (κ1) is 19.3. The number of aliphatic hydroxyl groups is 1. The first-order valence-corrected chi connectivity index (χ1v) is 8.63. The van der Waals surface area contributed by atoms with Gasteiger partial charge in [0.25, 0.3) is 0 Å². The molecule has 1 heterocycles. The van der Waals surface area contributed by atoms with Crippen LogP contribution in [0, 0.1) is 0 Å². The van der Waals surface area contributed by atoms with E-state index >= 15 is 0 Å². The third kappa shape index (κ3) is 5.75. The number of likely N-dealkylation sites (N-methyl/N-ethyl adjacent to an activating group) is 1. The summed E-state index contributed by atoms with van der Waals surface area (Å²) in [6.07, 6.45) is 2.60. The second-order valence-electron chi connectivity index (χ2n) is 6.56. The number of hydrogen-bond donors (Lipinski definition) is 4. The average molecular weight is 353 g/mol. The molecule has 2 amide bonds. The number of urea groups is 1. The van der Waals surface area contributed by atoms with Crippen LogP contribution in [0.1, 0.15) is 45.0 Å². The Labute approximate surface area is 147 Å². The maximum atomic E-state index is 12.0. The lowest BCUT2D eigenvalue weighted by Gasteiger charge is -2.42. The monoisotopic (exact) mass is 353 g/mol. The number of carbonyl (C=O) groups is 2. The highest BCUT2D eigenvalue weighted by molar-refractivity contribution is 5.74. The summed E-state index contributed by atoms with van der Waals surface area (Å²) in [6, 6.07) is 3.17. The Hall–Kier alpha value is -2.06. The highest BCUT2D eigenvalue weighted by Gasteiger charge is 2.34. The van der Waals surface area contributed by atoms with E-state index in [2.05, 4.69) is 10.6 Å². The van der Waals surface area contributed by atoms with Crippen LogP contribution in [-0.2, 0) is 4.79 Å². The van der Waals surface area contributed by atoms with E-state index in [1.54, 1.807) is 12.1 Å². The van der Waals surface area contributed by atoms with Crippen LogP contribution >= 0.6 is 0 Å². The van der Waals surface area contributed by atoms with Crippen molar-refractivity contribution in [3.63, 3.8) is 0 Å². The fourth-order valence-electron chi connectivity index (χ4n) is 3.12. The Bertz CT molecular complexity index is 557. The molecular formula is C17H27N3O5. The van der Waals surface area contributed by atoms with Gasteiger partial charge in [0.1, 0.15) is 11.9 Å². The van der Waals surface area contributed by atoms with Gasteiger partial charge >= 0.3 is 12.0 Å². The number of aliphatic hydroxyl groups excluding tert-OH is 1. The Morgan fingerprint density at radius 2 is 2.16 bits per heavy atom. The zero-order valence-corrected chi connectivity index (χ0v) is 14.6. The summed E-state index contributed by atoms with van der Waals surface area (Å²) < 4.78 is 5.14. The number of nitrogens with one attached hydrogen (secondary N) is 2. The van der Waals surface area contributed by atoms with E-state index in [1.165, 1.54) is 6.26 Å². The van der Waals surface area contributed by atoms with Crippen LogP contribution in [-0.4, -0.2) is 58.3 Å². The molecule has 140 valence electrons. The van der Waals surface area contributed by atoms with Gasteiger partial charge in [0.05, 0.1) is 12.8 Å². The van der Waals surface area contributed by atoms with Gasteiger partial charge in [-0.3, -0.25) is 9.69 Å². The summed E-state index contributed by atoms with van der Waals surface area (Å²) in [7, 11) is 0. The number of hydrogen-bond acceptors (Lipinski definition) is 5. The van der Waals surface area contributed by atoms with Gasteiger partial charge in [0, 0.05) is 24.5 Å². The van der Waals surface area contributed by atoms with Gasteiger partial charge in [0.2, 0.25) is 0 Å². The fraction of sp³-hybridized carbons (Fsp3) is 0.647. The standard InChI is InChI=1S/C17H27N3O5/c1-3-20(10-16(22)23)13-8-12(9-13)19-17(24)18-11(2)7-14(21)15-5-4-6-25-15/h4-6,11-14,21H,3,7-10H2,1-2H3,(H,22,23)(H2,18,19,24). The molecule has 8 nitrogen and oxygen atoms in total. The van der Waals surface area contributed by atoms with E-state index in [0.717, 1.165) is 12.8 Å². The van der Waals surface area contributed by atoms with Gasteiger partial charge in [-0.2, -0.15) is 0 Å². The summed E-state index contributed by atoms with van der Waals surface area (Å²) in [6.45, 7) is 4.46. The van der Waals surface area contributed by atoms with Crippen molar-refractivity contribution in [2.45, 2.75) is 57.3 Å². The molecule has 2 rings (SSSR count). The van der Waals surface area contributed by atoms with Gasteiger partial charge in [-0.25, -0.2) is 4.79 Å². The number of nitrogens with zero attached hydrogens (tertiary/aromatic N) is 1. The molecule has 4 N–H and O–H groups in total. The maximum Gasteiger partial charge on any atom is 0.317 e. The lowest BCUT2D eigenvalue weighted by atomic mass is 9.85. The van der Waals surface area contributed by atoms with E-state index < -0.39 is 12.1 Å². The molecule has 1 aliphatic carbocycles. The molecule has 25 heavy (non-hydrogen) atoms. The first-order chi connectivity index (χ1) is 11.9. The predicted molar refractivity (Wildman–Crippen MR) is 91.1 cm³/mol. The quantitative estimate of drug-likeness (QED) is 0.532. The van der Waals surface area contributed by atoms with E-state index in [4.69, 9.17) is 9.52 Å². The van der Waals surface area contributed by atoms with Gasteiger partial charge < -0.3 is 25.3 Å². The number of amides is 2. The predicted octanol–water partition coefficient (Wildman–Crippen LogP) is 1.33. The number of rotatable bonds is 9. The number of carboxylic acid groups (broad SMARTS) is 1. The van der Waals surface area contributed by atoms with Crippen LogP contribution < -0.4 is 10.6 Å². The van der Waals surface area contributed by atoms with E-state index in [9.17, 15) is 14.7 Å². The molecule has 1 aromatic heterocycles. The molecule has 1 aromatic rings. The minimum Gasteiger partial charge on any atom is -0.480 e.